The van der Waals surface area contributed by atoms with Gasteiger partial charge in [-0.25, -0.2) is 4.52 Å². The highest BCUT2D eigenvalue weighted by atomic mass is 35.5. The summed E-state index contributed by atoms with van der Waals surface area (Å²) in [6, 6.07) is 13.2. The van der Waals surface area contributed by atoms with Crippen LogP contribution in [0.25, 0.3) is 5.52 Å². The van der Waals surface area contributed by atoms with E-state index in [4.69, 9.17) is 16.3 Å². The Morgan fingerprint density at radius 2 is 1.88 bits per heavy atom. The van der Waals surface area contributed by atoms with Crippen molar-refractivity contribution < 1.29 is 9.53 Å². The van der Waals surface area contributed by atoms with Crippen molar-refractivity contribution in [3.8, 4) is 5.75 Å². The maximum Gasteiger partial charge on any atom is 0.257 e. The molecule has 0 radical (unpaired) electrons. The molecule has 0 bridgehead atoms. The molecule has 0 N–H and O–H groups in total. The molecule has 0 saturated carbocycles. The smallest absolute Gasteiger partial charge is 0.257 e. The molecule has 0 unspecified atom stereocenters. The second-order valence-corrected chi connectivity index (χ2v) is 6.54. The maximum atomic E-state index is 12.8. The summed E-state index contributed by atoms with van der Waals surface area (Å²) in [4.78, 5) is 14.7. The number of para-hydroxylation sites is 1. The van der Waals surface area contributed by atoms with Crippen molar-refractivity contribution in [2.75, 3.05) is 13.1 Å². The molecule has 0 spiro atoms. The SMILES string of the molecule is O=C(c1cnn2ccccc12)N1CCC(Oc2ccccc2Cl)CC1. The molecule has 25 heavy (non-hydrogen) atoms. The molecular weight excluding hydrogens is 338 g/mol. The van der Waals surface area contributed by atoms with Crippen molar-refractivity contribution in [2.24, 2.45) is 0 Å². The second-order valence-electron chi connectivity index (χ2n) is 6.13. The van der Waals surface area contributed by atoms with Crippen LogP contribution < -0.4 is 4.74 Å². The highest BCUT2D eigenvalue weighted by Crippen LogP contribution is 2.27. The van der Waals surface area contributed by atoms with E-state index in [2.05, 4.69) is 5.10 Å². The number of likely N-dealkylation sites (tertiary alicyclic amines) is 1. The Balaban J connectivity index is 1.42. The third kappa shape index (κ3) is 3.20. The van der Waals surface area contributed by atoms with E-state index in [9.17, 15) is 4.79 Å². The van der Waals surface area contributed by atoms with Gasteiger partial charge in [-0.05, 0) is 24.3 Å². The predicted molar refractivity (Wildman–Crippen MR) is 96.2 cm³/mol. The Kier molecular flexibility index (Phi) is 4.32. The third-order valence-corrected chi connectivity index (χ3v) is 4.83. The molecule has 3 heterocycles. The summed E-state index contributed by atoms with van der Waals surface area (Å²) in [5, 5.41) is 4.86. The Morgan fingerprint density at radius 3 is 2.68 bits per heavy atom. The summed E-state index contributed by atoms with van der Waals surface area (Å²) in [6.45, 7) is 1.33. The molecule has 1 amide bonds. The minimum absolute atomic E-state index is 0.0254. The predicted octanol–water partition coefficient (Wildman–Crippen LogP) is 3.67. The number of amides is 1. The number of pyridine rings is 1. The van der Waals surface area contributed by atoms with E-state index in [1.807, 2.05) is 53.6 Å². The van der Waals surface area contributed by atoms with Gasteiger partial charge in [0, 0.05) is 32.1 Å². The van der Waals surface area contributed by atoms with E-state index in [1.54, 1.807) is 10.7 Å². The van der Waals surface area contributed by atoms with Crippen LogP contribution in [0.3, 0.4) is 0 Å². The molecule has 2 aromatic heterocycles. The lowest BCUT2D eigenvalue weighted by molar-refractivity contribution is 0.0597. The molecule has 3 aromatic rings. The number of nitrogens with zero attached hydrogens (tertiary/aromatic N) is 3. The lowest BCUT2D eigenvalue weighted by Crippen LogP contribution is -2.41. The summed E-state index contributed by atoms with van der Waals surface area (Å²) < 4.78 is 7.71. The van der Waals surface area contributed by atoms with Crippen LogP contribution in [-0.2, 0) is 0 Å². The van der Waals surface area contributed by atoms with Gasteiger partial charge in [0.25, 0.3) is 5.91 Å². The highest BCUT2D eigenvalue weighted by Gasteiger charge is 2.26. The van der Waals surface area contributed by atoms with Gasteiger partial charge >= 0.3 is 0 Å². The number of hydrogen-bond acceptors (Lipinski definition) is 3. The topological polar surface area (TPSA) is 46.8 Å². The van der Waals surface area contributed by atoms with E-state index in [-0.39, 0.29) is 12.0 Å². The Morgan fingerprint density at radius 1 is 1.12 bits per heavy atom. The number of carbonyl (C=O) groups excluding carboxylic acids is 1. The molecule has 0 atom stereocenters. The second kappa shape index (κ2) is 6.76. The van der Waals surface area contributed by atoms with Crippen molar-refractivity contribution >= 4 is 23.0 Å². The van der Waals surface area contributed by atoms with Gasteiger partial charge in [-0.2, -0.15) is 5.10 Å². The van der Waals surface area contributed by atoms with Gasteiger partial charge in [0.05, 0.1) is 22.3 Å². The van der Waals surface area contributed by atoms with Crippen molar-refractivity contribution in [1.82, 2.24) is 14.5 Å². The summed E-state index contributed by atoms with van der Waals surface area (Å²) >= 11 is 6.15. The molecule has 1 aromatic carbocycles. The molecule has 1 aliphatic heterocycles. The number of rotatable bonds is 3. The molecule has 1 fully saturated rings. The monoisotopic (exact) mass is 355 g/mol. The number of aromatic nitrogens is 2. The number of ether oxygens (including phenoxy) is 1. The van der Waals surface area contributed by atoms with Gasteiger partial charge in [0.2, 0.25) is 0 Å². The highest BCUT2D eigenvalue weighted by molar-refractivity contribution is 6.32. The van der Waals surface area contributed by atoms with Crippen molar-refractivity contribution in [3.63, 3.8) is 0 Å². The van der Waals surface area contributed by atoms with Crippen molar-refractivity contribution in [2.45, 2.75) is 18.9 Å². The van der Waals surface area contributed by atoms with Gasteiger partial charge in [-0.3, -0.25) is 4.79 Å². The zero-order chi connectivity index (χ0) is 17.2. The lowest BCUT2D eigenvalue weighted by Gasteiger charge is -2.32. The van der Waals surface area contributed by atoms with Crippen molar-refractivity contribution in [1.29, 1.82) is 0 Å². The molecule has 0 aliphatic carbocycles. The number of piperidine rings is 1. The fourth-order valence-electron chi connectivity index (χ4n) is 3.17. The molecule has 4 rings (SSSR count). The molecule has 1 saturated heterocycles. The maximum absolute atomic E-state index is 12.8. The van der Waals surface area contributed by atoms with Crippen LogP contribution in [-0.4, -0.2) is 39.6 Å². The van der Waals surface area contributed by atoms with Crippen LogP contribution in [0, 0.1) is 0 Å². The van der Waals surface area contributed by atoms with Gasteiger partial charge in [-0.1, -0.05) is 29.8 Å². The lowest BCUT2D eigenvalue weighted by atomic mass is 10.1. The largest absolute Gasteiger partial charge is 0.489 e. The molecule has 5 nitrogen and oxygen atoms in total. The Hall–Kier alpha value is -2.53. The van der Waals surface area contributed by atoms with Crippen LogP contribution in [0.15, 0.2) is 54.9 Å². The Bertz CT molecular complexity index is 900. The van der Waals surface area contributed by atoms with E-state index >= 15 is 0 Å². The van der Waals surface area contributed by atoms with Gasteiger partial charge in [-0.15, -0.1) is 0 Å². The Labute approximate surface area is 150 Å². The standard InChI is InChI=1S/C19H18ClN3O2/c20-16-5-1-2-7-18(16)25-14-8-11-22(12-9-14)19(24)15-13-21-23-10-4-3-6-17(15)23/h1-7,10,13-14H,8-9,11-12H2. The molecular formula is C19H18ClN3O2. The number of benzene rings is 1. The van der Waals surface area contributed by atoms with E-state index in [1.165, 1.54) is 0 Å². The van der Waals surface area contributed by atoms with Crippen LogP contribution in [0.5, 0.6) is 5.75 Å². The van der Waals surface area contributed by atoms with E-state index in [0.29, 0.717) is 29.4 Å². The first kappa shape index (κ1) is 16.0. The van der Waals surface area contributed by atoms with Crippen LogP contribution in [0.1, 0.15) is 23.2 Å². The van der Waals surface area contributed by atoms with Crippen LogP contribution >= 0.6 is 11.6 Å². The minimum Gasteiger partial charge on any atom is -0.489 e. The average Bonchev–Trinajstić information content (AvgIpc) is 3.08. The molecule has 1 aliphatic rings. The fourth-order valence-corrected chi connectivity index (χ4v) is 3.35. The van der Waals surface area contributed by atoms with E-state index < -0.39 is 0 Å². The van der Waals surface area contributed by atoms with Gasteiger partial charge in [0.15, 0.2) is 0 Å². The average molecular weight is 356 g/mol. The zero-order valence-electron chi connectivity index (χ0n) is 13.6. The number of halogens is 1. The third-order valence-electron chi connectivity index (χ3n) is 4.52. The minimum atomic E-state index is 0.0254. The summed E-state index contributed by atoms with van der Waals surface area (Å²) in [5.74, 6) is 0.731. The normalized spacial score (nSPS) is 15.5. The van der Waals surface area contributed by atoms with E-state index in [0.717, 1.165) is 18.4 Å². The summed E-state index contributed by atoms with van der Waals surface area (Å²) in [7, 11) is 0. The fraction of sp³-hybridized carbons (Fsp3) is 0.263. The zero-order valence-corrected chi connectivity index (χ0v) is 14.4. The number of carbonyl (C=O) groups is 1. The number of hydrogen-bond donors (Lipinski definition) is 0. The van der Waals surface area contributed by atoms with Crippen molar-refractivity contribution in [3.05, 3.63) is 65.4 Å². The summed E-state index contributed by atoms with van der Waals surface area (Å²) in [5.41, 5.74) is 1.48. The number of fused-ring (bicyclic) bond motifs is 1. The molecule has 128 valence electrons. The van der Waals surface area contributed by atoms with Crippen LogP contribution in [0.4, 0.5) is 0 Å². The summed E-state index contributed by atoms with van der Waals surface area (Å²) in [6.07, 6.45) is 5.14. The van der Waals surface area contributed by atoms with Gasteiger partial charge in [0.1, 0.15) is 11.9 Å². The first-order valence-electron chi connectivity index (χ1n) is 8.35. The molecule has 6 heteroatoms. The van der Waals surface area contributed by atoms with Crippen LogP contribution in [0.2, 0.25) is 5.02 Å². The first-order valence-corrected chi connectivity index (χ1v) is 8.73. The first-order chi connectivity index (χ1) is 12.2. The quantitative estimate of drug-likeness (QED) is 0.720. The van der Waals surface area contributed by atoms with Gasteiger partial charge < -0.3 is 9.64 Å².